The molecule has 0 spiro atoms. The molecule has 1 saturated heterocycles. The highest BCUT2D eigenvalue weighted by molar-refractivity contribution is 6.52. The number of aromatic nitrogens is 1. The zero-order valence-electron chi connectivity index (χ0n) is 20.0. The molecule has 36 heavy (non-hydrogen) atoms. The number of amides is 1. The Morgan fingerprint density at radius 1 is 0.972 bits per heavy atom. The predicted octanol–water partition coefficient (Wildman–Crippen LogP) is 6.29. The number of nitrogens with one attached hydrogen (secondary N) is 1. The molecule has 7 heteroatoms. The van der Waals surface area contributed by atoms with Crippen molar-refractivity contribution in [1.82, 2.24) is 4.98 Å². The lowest BCUT2D eigenvalue weighted by atomic mass is 9.94. The van der Waals surface area contributed by atoms with Gasteiger partial charge in [0.1, 0.15) is 5.76 Å². The lowest BCUT2D eigenvalue weighted by Crippen LogP contribution is -2.29. The summed E-state index contributed by atoms with van der Waals surface area (Å²) < 4.78 is 0. The van der Waals surface area contributed by atoms with Crippen molar-refractivity contribution in [2.24, 2.45) is 0 Å². The van der Waals surface area contributed by atoms with Crippen molar-refractivity contribution in [3.8, 4) is 0 Å². The van der Waals surface area contributed by atoms with Gasteiger partial charge in [-0.2, -0.15) is 0 Å². The number of Topliss-reactive ketones (excluding diaryl/α,β-unsaturated/α-hetero) is 1. The summed E-state index contributed by atoms with van der Waals surface area (Å²) in [4.78, 5) is 33.6. The molecule has 1 unspecified atom stereocenters. The normalized spacial score (nSPS) is 17.2. The third-order valence-corrected chi connectivity index (χ3v) is 6.98. The zero-order valence-corrected chi connectivity index (χ0v) is 20.8. The number of halogens is 1. The average Bonchev–Trinajstić information content (AvgIpc) is 3.44. The number of hydrogen-bond donors (Lipinski definition) is 2. The Kier molecular flexibility index (Phi) is 6.29. The summed E-state index contributed by atoms with van der Waals surface area (Å²) in [5.74, 6) is -1.64. The van der Waals surface area contributed by atoms with Crippen LogP contribution in [0.5, 0.6) is 0 Å². The van der Waals surface area contributed by atoms with Crippen LogP contribution in [0.25, 0.3) is 16.7 Å². The largest absolute Gasteiger partial charge is 0.507 e. The molecule has 0 bridgehead atoms. The molecular formula is C29H26ClN3O3. The molecular weight excluding hydrogens is 474 g/mol. The van der Waals surface area contributed by atoms with Crippen LogP contribution in [-0.4, -0.2) is 34.9 Å². The van der Waals surface area contributed by atoms with Crippen LogP contribution in [0.2, 0.25) is 5.02 Å². The number of H-pyrrole nitrogens is 1. The van der Waals surface area contributed by atoms with Gasteiger partial charge in [0.15, 0.2) is 0 Å². The van der Waals surface area contributed by atoms with E-state index >= 15 is 0 Å². The van der Waals surface area contributed by atoms with Gasteiger partial charge in [-0.25, -0.2) is 0 Å². The van der Waals surface area contributed by atoms with Crippen molar-refractivity contribution in [3.63, 3.8) is 0 Å². The van der Waals surface area contributed by atoms with Gasteiger partial charge in [0, 0.05) is 52.2 Å². The van der Waals surface area contributed by atoms with Crippen molar-refractivity contribution in [2.75, 3.05) is 22.9 Å². The van der Waals surface area contributed by atoms with E-state index in [2.05, 4.69) is 23.7 Å². The van der Waals surface area contributed by atoms with E-state index in [1.807, 2.05) is 48.5 Å². The maximum atomic E-state index is 13.4. The van der Waals surface area contributed by atoms with Crippen LogP contribution >= 0.6 is 11.6 Å². The summed E-state index contributed by atoms with van der Waals surface area (Å²) in [6, 6.07) is 21.3. The van der Waals surface area contributed by atoms with Gasteiger partial charge in [0.05, 0.1) is 11.6 Å². The van der Waals surface area contributed by atoms with Crippen LogP contribution in [0.15, 0.2) is 84.6 Å². The number of hydrogen-bond acceptors (Lipinski definition) is 4. The SMILES string of the molecule is CCN(CC)c1ccc(C2/C(=C(/O)c3c[nH]c4ccccc34)C(=O)C(=O)N2c2ccc(Cl)cc2)cc1. The summed E-state index contributed by atoms with van der Waals surface area (Å²) in [5.41, 5.74) is 3.65. The minimum atomic E-state index is -0.800. The Morgan fingerprint density at radius 3 is 2.31 bits per heavy atom. The Bertz CT molecular complexity index is 1470. The second kappa shape index (κ2) is 9.55. The highest BCUT2D eigenvalue weighted by Gasteiger charge is 2.47. The maximum Gasteiger partial charge on any atom is 0.300 e. The second-order valence-corrected chi connectivity index (χ2v) is 9.09. The molecule has 1 amide bonds. The van der Waals surface area contributed by atoms with Gasteiger partial charge < -0.3 is 15.0 Å². The molecule has 2 heterocycles. The molecule has 3 aromatic carbocycles. The van der Waals surface area contributed by atoms with Crippen LogP contribution < -0.4 is 9.80 Å². The maximum absolute atomic E-state index is 13.4. The number of anilines is 2. The number of aliphatic hydroxyl groups excluding tert-OH is 1. The second-order valence-electron chi connectivity index (χ2n) is 8.66. The number of aliphatic hydroxyl groups is 1. The number of fused-ring (bicyclic) bond motifs is 1. The van der Waals surface area contributed by atoms with Gasteiger partial charge in [-0.3, -0.25) is 14.5 Å². The summed E-state index contributed by atoms with van der Waals surface area (Å²) in [6.45, 7) is 5.90. The monoisotopic (exact) mass is 499 g/mol. The van der Waals surface area contributed by atoms with Crippen LogP contribution in [-0.2, 0) is 9.59 Å². The number of benzene rings is 3. The molecule has 1 aliphatic heterocycles. The van der Waals surface area contributed by atoms with Crippen molar-refractivity contribution >= 4 is 51.3 Å². The zero-order chi connectivity index (χ0) is 25.4. The molecule has 0 aliphatic carbocycles. The summed E-state index contributed by atoms with van der Waals surface area (Å²) in [6.07, 6.45) is 1.66. The number of ketones is 1. The highest BCUT2D eigenvalue weighted by Crippen LogP contribution is 2.43. The first-order chi connectivity index (χ1) is 17.4. The fourth-order valence-corrected chi connectivity index (χ4v) is 5.01. The fourth-order valence-electron chi connectivity index (χ4n) is 4.88. The van der Waals surface area contributed by atoms with Gasteiger partial charge in [-0.1, -0.05) is 41.9 Å². The molecule has 1 atom stereocenters. The van der Waals surface area contributed by atoms with Gasteiger partial charge in [-0.05, 0) is 61.9 Å². The van der Waals surface area contributed by atoms with E-state index in [1.165, 1.54) is 4.90 Å². The number of aromatic amines is 1. The Labute approximate surface area is 214 Å². The van der Waals surface area contributed by atoms with Crippen molar-refractivity contribution in [2.45, 2.75) is 19.9 Å². The van der Waals surface area contributed by atoms with E-state index in [0.29, 0.717) is 16.3 Å². The molecule has 6 nitrogen and oxygen atoms in total. The fraction of sp³-hybridized carbons (Fsp3) is 0.172. The van der Waals surface area contributed by atoms with Crippen LogP contribution in [0, 0.1) is 0 Å². The first kappa shape index (κ1) is 23.7. The van der Waals surface area contributed by atoms with Crippen molar-refractivity contribution in [1.29, 1.82) is 0 Å². The molecule has 4 aromatic rings. The molecule has 1 fully saturated rings. The number of nitrogens with zero attached hydrogens (tertiary/aromatic N) is 2. The highest BCUT2D eigenvalue weighted by atomic mass is 35.5. The number of carbonyl (C=O) groups is 2. The van der Waals surface area contributed by atoms with Crippen LogP contribution in [0.1, 0.15) is 31.0 Å². The lowest BCUT2D eigenvalue weighted by molar-refractivity contribution is -0.132. The first-order valence-electron chi connectivity index (χ1n) is 11.9. The van der Waals surface area contributed by atoms with E-state index in [4.69, 9.17) is 11.6 Å². The summed E-state index contributed by atoms with van der Waals surface area (Å²) >= 11 is 6.09. The first-order valence-corrected chi connectivity index (χ1v) is 12.3. The van der Waals surface area contributed by atoms with Gasteiger partial charge in [0.2, 0.25) is 0 Å². The number of carbonyl (C=O) groups excluding carboxylic acids is 2. The summed E-state index contributed by atoms with van der Waals surface area (Å²) in [7, 11) is 0. The quantitative estimate of drug-likeness (QED) is 0.185. The standard InChI is InChI=1S/C29H26ClN3O3/c1-3-32(4-2)20-13-9-18(10-14-20)26-25(27(34)23-17-31-24-8-6-5-7-22(23)24)28(35)29(36)33(26)21-15-11-19(30)12-16-21/h5-17,26,31,34H,3-4H2,1-2H3/b27-25-. The topological polar surface area (TPSA) is 76.6 Å². The summed E-state index contributed by atoms with van der Waals surface area (Å²) in [5, 5.41) is 12.8. The van der Waals surface area contributed by atoms with Crippen LogP contribution in [0.3, 0.4) is 0 Å². The average molecular weight is 500 g/mol. The molecule has 182 valence electrons. The van der Waals surface area contributed by atoms with E-state index in [0.717, 1.165) is 35.2 Å². The Hall–Kier alpha value is -4.03. The van der Waals surface area contributed by atoms with Crippen LogP contribution in [0.4, 0.5) is 11.4 Å². The molecule has 0 saturated carbocycles. The smallest absolute Gasteiger partial charge is 0.300 e. The Balaban J connectivity index is 1.70. The van der Waals surface area contributed by atoms with E-state index in [9.17, 15) is 14.7 Å². The molecule has 5 rings (SSSR count). The Morgan fingerprint density at radius 2 is 1.64 bits per heavy atom. The van der Waals surface area contributed by atoms with Crippen molar-refractivity contribution < 1.29 is 14.7 Å². The number of rotatable bonds is 6. The minimum absolute atomic E-state index is 0.0512. The third-order valence-electron chi connectivity index (χ3n) is 6.73. The molecule has 2 N–H and O–H groups in total. The predicted molar refractivity (Wildman–Crippen MR) is 145 cm³/mol. The third kappa shape index (κ3) is 3.93. The molecule has 1 aromatic heterocycles. The lowest BCUT2D eigenvalue weighted by Gasteiger charge is -2.26. The van der Waals surface area contributed by atoms with Crippen molar-refractivity contribution in [3.05, 3.63) is 101 Å². The van der Waals surface area contributed by atoms with Gasteiger partial charge >= 0.3 is 0 Å². The van der Waals surface area contributed by atoms with Gasteiger partial charge in [-0.15, -0.1) is 0 Å². The molecule has 1 aliphatic rings. The van der Waals surface area contributed by atoms with E-state index in [-0.39, 0.29) is 11.3 Å². The van der Waals surface area contributed by atoms with E-state index < -0.39 is 17.7 Å². The minimum Gasteiger partial charge on any atom is -0.507 e. The number of para-hydroxylation sites is 1. The van der Waals surface area contributed by atoms with Gasteiger partial charge in [0.25, 0.3) is 11.7 Å². The van der Waals surface area contributed by atoms with E-state index in [1.54, 1.807) is 30.5 Å². The molecule has 0 radical (unpaired) electrons.